The molecule has 0 unspecified atom stereocenters. The third-order valence-electron chi connectivity index (χ3n) is 4.74. The maximum Gasteiger partial charge on any atom is 0.295 e. The van der Waals surface area contributed by atoms with Gasteiger partial charge >= 0.3 is 0 Å². The summed E-state index contributed by atoms with van der Waals surface area (Å²) >= 11 is 0. The summed E-state index contributed by atoms with van der Waals surface area (Å²) in [6, 6.07) is 13.4. The molecule has 0 aliphatic rings. The number of phenols is 1. The zero-order valence-corrected chi connectivity index (χ0v) is 18.9. The second-order valence-electron chi connectivity index (χ2n) is 7.13. The van der Waals surface area contributed by atoms with Crippen LogP contribution in [0, 0.1) is 24.0 Å². The van der Waals surface area contributed by atoms with Gasteiger partial charge in [0.05, 0.1) is 28.8 Å². The highest BCUT2D eigenvalue weighted by Gasteiger charge is 2.22. The van der Waals surface area contributed by atoms with Gasteiger partial charge in [0, 0.05) is 11.6 Å². The minimum Gasteiger partial charge on any atom is -0.504 e. The molecule has 0 fully saturated rings. The van der Waals surface area contributed by atoms with E-state index in [0.29, 0.717) is 11.3 Å². The fourth-order valence-electron chi connectivity index (χ4n) is 3.04. The molecule has 0 saturated carbocycles. The van der Waals surface area contributed by atoms with E-state index >= 15 is 0 Å². The molecule has 3 aromatic carbocycles. The number of methoxy groups -OCH3 is 1. The number of ether oxygens (including phenoxy) is 1. The van der Waals surface area contributed by atoms with Crippen LogP contribution in [-0.2, 0) is 10.0 Å². The maximum atomic E-state index is 12.8. The van der Waals surface area contributed by atoms with Gasteiger partial charge in [-0.1, -0.05) is 23.8 Å². The van der Waals surface area contributed by atoms with Crippen LogP contribution in [0.5, 0.6) is 11.5 Å². The SMILES string of the molecule is COc1cccc(C=NNc2ccc(S(=O)(=O)Nc3ccc(C)cc3C)cc2[N+](=O)[O-])c1O. The lowest BCUT2D eigenvalue weighted by molar-refractivity contribution is -0.384. The van der Waals surface area contributed by atoms with Crippen LogP contribution in [0.1, 0.15) is 16.7 Å². The van der Waals surface area contributed by atoms with Gasteiger partial charge in [0.25, 0.3) is 15.7 Å². The van der Waals surface area contributed by atoms with Gasteiger partial charge in [-0.2, -0.15) is 5.10 Å². The van der Waals surface area contributed by atoms with E-state index in [2.05, 4.69) is 15.2 Å². The molecule has 0 spiro atoms. The highest BCUT2D eigenvalue weighted by atomic mass is 32.2. The number of nitro groups is 1. The topological polar surface area (TPSA) is 143 Å². The van der Waals surface area contributed by atoms with Crippen LogP contribution in [-0.4, -0.2) is 31.8 Å². The summed E-state index contributed by atoms with van der Waals surface area (Å²) in [7, 11) is -2.66. The van der Waals surface area contributed by atoms with Gasteiger partial charge in [0.1, 0.15) is 5.69 Å². The molecular formula is C22H22N4O6S. The van der Waals surface area contributed by atoms with Gasteiger partial charge in [-0.3, -0.25) is 20.3 Å². The van der Waals surface area contributed by atoms with Gasteiger partial charge < -0.3 is 9.84 Å². The number of para-hydroxylation sites is 1. The van der Waals surface area contributed by atoms with Crippen molar-refractivity contribution in [2.45, 2.75) is 18.7 Å². The monoisotopic (exact) mass is 470 g/mol. The normalized spacial score (nSPS) is 11.4. The third-order valence-corrected chi connectivity index (χ3v) is 6.10. The Balaban J connectivity index is 1.87. The predicted octanol–water partition coefficient (Wildman–Crippen LogP) is 4.17. The Kier molecular flexibility index (Phi) is 6.83. The van der Waals surface area contributed by atoms with Crippen molar-refractivity contribution >= 4 is 33.3 Å². The van der Waals surface area contributed by atoms with Crippen LogP contribution in [0.15, 0.2) is 64.6 Å². The van der Waals surface area contributed by atoms with E-state index in [0.717, 1.165) is 17.2 Å². The first-order valence-corrected chi connectivity index (χ1v) is 11.1. The quantitative estimate of drug-likeness (QED) is 0.255. The summed E-state index contributed by atoms with van der Waals surface area (Å²) in [5, 5.41) is 25.6. The summed E-state index contributed by atoms with van der Waals surface area (Å²) in [4.78, 5) is 10.6. The molecule has 0 heterocycles. The van der Waals surface area contributed by atoms with Crippen LogP contribution in [0.25, 0.3) is 0 Å². The lowest BCUT2D eigenvalue weighted by Crippen LogP contribution is -2.14. The first-order chi connectivity index (χ1) is 15.6. The van der Waals surface area contributed by atoms with E-state index in [1.807, 2.05) is 13.0 Å². The predicted molar refractivity (Wildman–Crippen MR) is 126 cm³/mol. The van der Waals surface area contributed by atoms with Crippen molar-refractivity contribution in [1.82, 2.24) is 0 Å². The first-order valence-electron chi connectivity index (χ1n) is 9.66. The second kappa shape index (κ2) is 9.57. The Morgan fingerprint density at radius 3 is 2.48 bits per heavy atom. The molecule has 0 saturated heterocycles. The molecule has 0 atom stereocenters. The minimum atomic E-state index is -4.07. The summed E-state index contributed by atoms with van der Waals surface area (Å²) in [5.41, 5.74) is 4.41. The number of nitrogens with one attached hydrogen (secondary N) is 2. The molecule has 10 nitrogen and oxygen atoms in total. The van der Waals surface area contributed by atoms with Gasteiger partial charge in [0.15, 0.2) is 11.5 Å². The molecule has 0 aliphatic carbocycles. The van der Waals surface area contributed by atoms with Crippen LogP contribution >= 0.6 is 0 Å². The van der Waals surface area contributed by atoms with Crippen molar-refractivity contribution in [2.75, 3.05) is 17.3 Å². The van der Waals surface area contributed by atoms with Gasteiger partial charge in [0.2, 0.25) is 0 Å². The molecular weight excluding hydrogens is 448 g/mol. The molecule has 3 N–H and O–H groups in total. The molecule has 3 rings (SSSR count). The molecule has 3 aromatic rings. The van der Waals surface area contributed by atoms with Crippen LogP contribution in [0.2, 0.25) is 0 Å². The number of nitro benzene ring substituents is 1. The Hall–Kier alpha value is -4.12. The number of phenolic OH excluding ortho intramolecular Hbond substituents is 1. The number of nitrogens with zero attached hydrogens (tertiary/aromatic N) is 2. The lowest BCUT2D eigenvalue weighted by atomic mass is 10.1. The van der Waals surface area contributed by atoms with Gasteiger partial charge in [-0.25, -0.2) is 8.42 Å². The summed E-state index contributed by atoms with van der Waals surface area (Å²) in [6.07, 6.45) is 1.26. The number of anilines is 2. The van der Waals surface area contributed by atoms with Crippen molar-refractivity contribution < 1.29 is 23.2 Å². The largest absolute Gasteiger partial charge is 0.504 e. The molecule has 0 radical (unpaired) electrons. The molecule has 0 aliphatic heterocycles. The lowest BCUT2D eigenvalue weighted by Gasteiger charge is -2.12. The number of aromatic hydroxyl groups is 1. The third kappa shape index (κ3) is 5.39. The number of hydrogen-bond acceptors (Lipinski definition) is 8. The minimum absolute atomic E-state index is 0.0240. The fourth-order valence-corrected chi connectivity index (χ4v) is 4.19. The molecule has 172 valence electrons. The maximum absolute atomic E-state index is 12.8. The van der Waals surface area contributed by atoms with Crippen molar-refractivity contribution in [3.8, 4) is 11.5 Å². The van der Waals surface area contributed by atoms with E-state index in [9.17, 15) is 23.6 Å². The van der Waals surface area contributed by atoms with Gasteiger partial charge in [-0.15, -0.1) is 0 Å². The van der Waals surface area contributed by atoms with E-state index in [1.54, 1.807) is 37.3 Å². The average molecular weight is 471 g/mol. The number of benzene rings is 3. The van der Waals surface area contributed by atoms with Crippen molar-refractivity contribution in [2.24, 2.45) is 5.10 Å². The Labute approximate surface area is 190 Å². The zero-order valence-electron chi connectivity index (χ0n) is 18.1. The zero-order chi connectivity index (χ0) is 24.2. The molecule has 0 aromatic heterocycles. The number of rotatable bonds is 8. The van der Waals surface area contributed by atoms with Crippen molar-refractivity contribution in [3.63, 3.8) is 0 Å². The summed E-state index contributed by atoms with van der Waals surface area (Å²) in [5.74, 6) is 0.106. The first kappa shape index (κ1) is 23.5. The van der Waals surface area contributed by atoms with Crippen molar-refractivity contribution in [3.05, 3.63) is 81.4 Å². The Morgan fingerprint density at radius 2 is 1.82 bits per heavy atom. The molecule has 33 heavy (non-hydrogen) atoms. The highest BCUT2D eigenvalue weighted by Crippen LogP contribution is 2.30. The van der Waals surface area contributed by atoms with Crippen LogP contribution < -0.4 is 14.9 Å². The van der Waals surface area contributed by atoms with Gasteiger partial charge in [-0.05, 0) is 49.7 Å². The molecule has 11 heteroatoms. The van der Waals surface area contributed by atoms with Crippen LogP contribution in [0.4, 0.5) is 17.1 Å². The number of hydrogen-bond donors (Lipinski definition) is 3. The van der Waals surface area contributed by atoms with E-state index in [-0.39, 0.29) is 22.1 Å². The average Bonchev–Trinajstić information content (AvgIpc) is 2.76. The Morgan fingerprint density at radius 1 is 1.09 bits per heavy atom. The molecule has 0 bridgehead atoms. The Bertz CT molecular complexity index is 1340. The highest BCUT2D eigenvalue weighted by molar-refractivity contribution is 7.92. The summed E-state index contributed by atoms with van der Waals surface area (Å²) < 4.78 is 33.1. The van der Waals surface area contributed by atoms with E-state index in [4.69, 9.17) is 4.74 Å². The standard InChI is InChI=1S/C22H22N4O6S/c1-14-7-9-18(15(2)11-14)25-33(30,31)17-8-10-19(20(12-17)26(28)29)24-23-13-16-5-4-6-21(32-3)22(16)27/h4-13,24-25,27H,1-3H3. The smallest absolute Gasteiger partial charge is 0.295 e. The summed E-state index contributed by atoms with van der Waals surface area (Å²) in [6.45, 7) is 3.65. The van der Waals surface area contributed by atoms with Crippen molar-refractivity contribution in [1.29, 1.82) is 0 Å². The fraction of sp³-hybridized carbons (Fsp3) is 0.136. The second-order valence-corrected chi connectivity index (χ2v) is 8.81. The van der Waals surface area contributed by atoms with E-state index in [1.165, 1.54) is 25.5 Å². The number of hydrazone groups is 1. The van der Waals surface area contributed by atoms with E-state index < -0.39 is 20.6 Å². The number of sulfonamides is 1. The number of aryl methyl sites for hydroxylation is 2. The molecule has 0 amide bonds. The van der Waals surface area contributed by atoms with Crippen LogP contribution in [0.3, 0.4) is 0 Å².